The molecule has 4 atom stereocenters. The van der Waals surface area contributed by atoms with Gasteiger partial charge in [0, 0.05) is 52.1 Å². The number of fused-ring (bicyclic) bond motifs is 3. The van der Waals surface area contributed by atoms with Crippen LogP contribution in [0.25, 0.3) is 0 Å². The van der Waals surface area contributed by atoms with Crippen molar-refractivity contribution < 1.29 is 4.74 Å². The molecule has 3 saturated heterocycles. The molecule has 0 saturated carbocycles. The summed E-state index contributed by atoms with van der Waals surface area (Å²) in [6.07, 6.45) is 2.61. The summed E-state index contributed by atoms with van der Waals surface area (Å²) in [6.45, 7) is 5.95. The Morgan fingerprint density at radius 2 is 2.12 bits per heavy atom. The fraction of sp³-hybridized carbons (Fsp3) is 0.650. The topological polar surface area (TPSA) is 39.8 Å². The molecule has 0 aromatic heterocycles. The van der Waals surface area contributed by atoms with E-state index in [1.165, 1.54) is 31.6 Å². The monoisotopic (exact) mass is 376 g/mol. The average molecular weight is 377 g/mol. The third kappa shape index (κ3) is 5.09. The van der Waals surface area contributed by atoms with Gasteiger partial charge in [-0.2, -0.15) is 0 Å². The number of hydrogen-bond acceptors (Lipinski definition) is 4. The lowest BCUT2D eigenvalue weighted by molar-refractivity contribution is 0.00660. The van der Waals surface area contributed by atoms with E-state index in [1.807, 2.05) is 0 Å². The van der Waals surface area contributed by atoms with E-state index in [-0.39, 0.29) is 0 Å². The van der Waals surface area contributed by atoms with Crippen molar-refractivity contribution in [2.45, 2.75) is 18.9 Å². The summed E-state index contributed by atoms with van der Waals surface area (Å²) in [6, 6.07) is 11.3. The SMILES string of the molecule is COCCNC(=S)NC[C@H]1C[C@@H]2CCN1C[C@H]2CN(C)c1ccccc1. The van der Waals surface area contributed by atoms with Gasteiger partial charge in [0.2, 0.25) is 0 Å². The number of nitrogens with zero attached hydrogens (tertiary/aromatic N) is 2. The molecule has 3 aliphatic heterocycles. The van der Waals surface area contributed by atoms with E-state index in [9.17, 15) is 0 Å². The maximum atomic E-state index is 5.35. The van der Waals surface area contributed by atoms with E-state index in [1.54, 1.807) is 7.11 Å². The van der Waals surface area contributed by atoms with Crippen molar-refractivity contribution in [3.05, 3.63) is 30.3 Å². The molecule has 3 fully saturated rings. The lowest BCUT2D eigenvalue weighted by Gasteiger charge is -2.51. The summed E-state index contributed by atoms with van der Waals surface area (Å²) in [7, 11) is 3.92. The van der Waals surface area contributed by atoms with Gasteiger partial charge in [0.05, 0.1) is 6.61 Å². The molecular weight excluding hydrogens is 344 g/mol. The zero-order valence-corrected chi connectivity index (χ0v) is 16.8. The minimum atomic E-state index is 0.606. The number of hydrogen-bond donors (Lipinski definition) is 2. The van der Waals surface area contributed by atoms with Crippen LogP contribution in [0.3, 0.4) is 0 Å². The van der Waals surface area contributed by atoms with Crippen molar-refractivity contribution in [2.75, 3.05) is 58.4 Å². The fourth-order valence-corrected chi connectivity index (χ4v) is 4.53. The number of methoxy groups -OCH3 is 1. The predicted octanol–water partition coefficient (Wildman–Crippen LogP) is 1.94. The first-order chi connectivity index (χ1) is 12.7. The van der Waals surface area contributed by atoms with Gasteiger partial charge in [-0.1, -0.05) is 18.2 Å². The average Bonchev–Trinajstić information content (AvgIpc) is 2.68. The number of thiocarbonyl (C=S) groups is 1. The summed E-state index contributed by atoms with van der Waals surface area (Å²) in [5, 5.41) is 7.32. The standard InChI is InChI=1S/C20H32N4OS/c1-23(18-6-4-3-5-7-18)14-17-15-24-10-8-16(17)12-19(24)13-22-20(26)21-9-11-25-2/h3-7,16-17,19H,8-15H2,1-2H3,(H2,21,22,26)/t16-,17+,19+/m0/s1. The third-order valence-corrected chi connectivity index (χ3v) is 6.10. The molecule has 3 aliphatic rings. The first-order valence-electron chi connectivity index (χ1n) is 9.68. The minimum Gasteiger partial charge on any atom is -0.383 e. The van der Waals surface area contributed by atoms with Gasteiger partial charge in [-0.3, -0.25) is 4.90 Å². The Kier molecular flexibility index (Phi) is 7.11. The second-order valence-electron chi connectivity index (χ2n) is 7.54. The summed E-state index contributed by atoms with van der Waals surface area (Å²) >= 11 is 5.35. The van der Waals surface area contributed by atoms with Crippen LogP contribution in [0.2, 0.25) is 0 Å². The Hall–Kier alpha value is -1.37. The highest BCUT2D eigenvalue weighted by Crippen LogP contribution is 2.36. The van der Waals surface area contributed by atoms with Crippen molar-refractivity contribution in [3.8, 4) is 0 Å². The number of ether oxygens (including phenoxy) is 1. The van der Waals surface area contributed by atoms with Gasteiger partial charge in [0.25, 0.3) is 0 Å². The lowest BCUT2D eigenvalue weighted by atomic mass is 9.75. The number of benzene rings is 1. The van der Waals surface area contributed by atoms with Gasteiger partial charge in [-0.05, 0) is 55.6 Å². The molecule has 0 aliphatic carbocycles. The Labute approximate surface area is 163 Å². The summed E-state index contributed by atoms with van der Waals surface area (Å²) in [4.78, 5) is 5.07. The molecule has 3 heterocycles. The zero-order chi connectivity index (χ0) is 18.4. The molecule has 5 nitrogen and oxygen atoms in total. The van der Waals surface area contributed by atoms with Crippen LogP contribution < -0.4 is 15.5 Å². The first kappa shape index (κ1) is 19.4. The number of para-hydroxylation sites is 1. The third-order valence-electron chi connectivity index (χ3n) is 5.81. The molecule has 1 aromatic rings. The normalized spacial score (nSPS) is 27.2. The van der Waals surface area contributed by atoms with Gasteiger partial charge >= 0.3 is 0 Å². The molecule has 1 aromatic carbocycles. The molecule has 0 amide bonds. The molecule has 26 heavy (non-hydrogen) atoms. The van der Waals surface area contributed by atoms with Crippen LogP contribution in [-0.2, 0) is 4.74 Å². The second-order valence-corrected chi connectivity index (χ2v) is 7.95. The number of nitrogens with one attached hydrogen (secondary N) is 2. The Morgan fingerprint density at radius 3 is 2.81 bits per heavy atom. The quantitative estimate of drug-likeness (QED) is 0.534. The van der Waals surface area contributed by atoms with Crippen LogP contribution in [0.4, 0.5) is 5.69 Å². The Bertz CT molecular complexity index is 570. The number of anilines is 1. The van der Waals surface area contributed by atoms with Gasteiger partial charge in [-0.15, -0.1) is 0 Å². The predicted molar refractivity (Wildman–Crippen MR) is 112 cm³/mol. The lowest BCUT2D eigenvalue weighted by Crippen LogP contribution is -2.58. The van der Waals surface area contributed by atoms with E-state index in [0.29, 0.717) is 12.6 Å². The maximum Gasteiger partial charge on any atom is 0.166 e. The summed E-state index contributed by atoms with van der Waals surface area (Å²) in [5.41, 5.74) is 1.31. The molecule has 1 unspecified atom stereocenters. The summed E-state index contributed by atoms with van der Waals surface area (Å²) < 4.78 is 5.04. The zero-order valence-electron chi connectivity index (χ0n) is 16.0. The van der Waals surface area contributed by atoms with E-state index < -0.39 is 0 Å². The van der Waals surface area contributed by atoms with Crippen LogP contribution >= 0.6 is 12.2 Å². The van der Waals surface area contributed by atoms with Crippen molar-refractivity contribution in [1.82, 2.24) is 15.5 Å². The van der Waals surface area contributed by atoms with E-state index in [0.717, 1.165) is 36.6 Å². The number of piperidine rings is 3. The van der Waals surface area contributed by atoms with Crippen molar-refractivity contribution >= 4 is 23.0 Å². The van der Waals surface area contributed by atoms with E-state index >= 15 is 0 Å². The van der Waals surface area contributed by atoms with Crippen molar-refractivity contribution in [2.24, 2.45) is 11.8 Å². The van der Waals surface area contributed by atoms with Gasteiger partial charge < -0.3 is 20.3 Å². The molecule has 6 heteroatoms. The van der Waals surface area contributed by atoms with Crippen molar-refractivity contribution in [1.29, 1.82) is 0 Å². The number of rotatable bonds is 8. The highest BCUT2D eigenvalue weighted by atomic mass is 32.1. The van der Waals surface area contributed by atoms with E-state index in [4.69, 9.17) is 17.0 Å². The molecule has 2 bridgehead atoms. The summed E-state index contributed by atoms with van der Waals surface area (Å²) in [5.74, 6) is 1.59. The minimum absolute atomic E-state index is 0.606. The van der Waals surface area contributed by atoms with Gasteiger partial charge in [0.1, 0.15) is 0 Å². The van der Waals surface area contributed by atoms with Crippen LogP contribution in [0.5, 0.6) is 0 Å². The highest BCUT2D eigenvalue weighted by Gasteiger charge is 2.40. The van der Waals surface area contributed by atoms with Crippen molar-refractivity contribution in [3.63, 3.8) is 0 Å². The van der Waals surface area contributed by atoms with Crippen LogP contribution in [0.1, 0.15) is 12.8 Å². The molecule has 0 radical (unpaired) electrons. The van der Waals surface area contributed by atoms with Gasteiger partial charge in [0.15, 0.2) is 5.11 Å². The van der Waals surface area contributed by atoms with E-state index in [2.05, 4.69) is 57.8 Å². The maximum absolute atomic E-state index is 5.35. The molecule has 0 spiro atoms. The first-order valence-corrected chi connectivity index (χ1v) is 10.1. The Morgan fingerprint density at radius 1 is 1.31 bits per heavy atom. The Balaban J connectivity index is 1.45. The molecule has 4 rings (SSSR count). The smallest absolute Gasteiger partial charge is 0.166 e. The van der Waals surface area contributed by atoms with Crippen LogP contribution in [-0.4, -0.2) is 69.5 Å². The fourth-order valence-electron chi connectivity index (χ4n) is 4.35. The second kappa shape index (κ2) is 9.53. The molecule has 2 N–H and O–H groups in total. The highest BCUT2D eigenvalue weighted by molar-refractivity contribution is 7.80. The molecular formula is C20H32N4OS. The van der Waals surface area contributed by atoms with Crippen LogP contribution in [0.15, 0.2) is 30.3 Å². The van der Waals surface area contributed by atoms with Crippen LogP contribution in [0, 0.1) is 11.8 Å². The molecule has 144 valence electrons. The largest absolute Gasteiger partial charge is 0.383 e. The van der Waals surface area contributed by atoms with Gasteiger partial charge in [-0.25, -0.2) is 0 Å².